The van der Waals surface area contributed by atoms with Crippen molar-refractivity contribution in [3.05, 3.63) is 47.3 Å². The number of nitrogens with zero attached hydrogens (tertiary/aromatic N) is 3. The minimum absolute atomic E-state index is 0.0945. The fourth-order valence-corrected chi connectivity index (χ4v) is 4.26. The van der Waals surface area contributed by atoms with Gasteiger partial charge in [-0.05, 0) is 57.2 Å². The molecule has 1 saturated carbocycles. The Labute approximate surface area is 168 Å². The molecule has 2 fully saturated rings. The number of thioether (sulfide) groups is 1. The molecule has 0 spiro atoms. The number of carbonyl (C=O) groups excluding carboxylic acids is 3. The Bertz CT molecular complexity index is 977. The van der Waals surface area contributed by atoms with E-state index in [0.717, 1.165) is 39.7 Å². The second-order valence-corrected chi connectivity index (χ2v) is 8.25. The minimum Gasteiger partial charge on any atom is -0.318 e. The fraction of sp³-hybridized carbons (Fsp3) is 0.381. The summed E-state index contributed by atoms with van der Waals surface area (Å²) in [6.07, 6.45) is 3.91. The van der Waals surface area contributed by atoms with Crippen molar-refractivity contribution < 1.29 is 14.4 Å². The molecule has 146 valence electrons. The monoisotopic (exact) mass is 397 g/mol. The molecule has 0 N–H and O–H groups in total. The maximum atomic E-state index is 12.9. The SMILES string of the molecule is CSc1cccc(-n2c(C)cc(C(=O)CN3C(=O)CN(C4CC4)C3=O)c2C)c1. The van der Waals surface area contributed by atoms with Gasteiger partial charge in [0.15, 0.2) is 5.78 Å². The van der Waals surface area contributed by atoms with E-state index >= 15 is 0 Å². The summed E-state index contributed by atoms with van der Waals surface area (Å²) in [5.41, 5.74) is 3.31. The van der Waals surface area contributed by atoms with E-state index in [1.165, 1.54) is 0 Å². The summed E-state index contributed by atoms with van der Waals surface area (Å²) < 4.78 is 2.04. The number of urea groups is 1. The Balaban J connectivity index is 1.58. The van der Waals surface area contributed by atoms with Crippen LogP contribution < -0.4 is 0 Å². The molecule has 4 rings (SSSR count). The Morgan fingerprint density at radius 3 is 2.61 bits per heavy atom. The Hall–Kier alpha value is -2.54. The number of rotatable bonds is 6. The van der Waals surface area contributed by atoms with Gasteiger partial charge in [0.25, 0.3) is 5.91 Å². The molecule has 1 aliphatic heterocycles. The Kier molecular flexibility index (Phi) is 4.79. The number of amides is 3. The summed E-state index contributed by atoms with van der Waals surface area (Å²) in [5, 5.41) is 0. The molecule has 1 saturated heterocycles. The third kappa shape index (κ3) is 3.24. The molecular formula is C21H23N3O3S. The first kappa shape index (κ1) is 18.8. The molecule has 0 unspecified atom stereocenters. The second-order valence-electron chi connectivity index (χ2n) is 7.37. The summed E-state index contributed by atoms with van der Waals surface area (Å²) in [4.78, 5) is 41.5. The van der Waals surface area contributed by atoms with Gasteiger partial charge in [-0.25, -0.2) is 4.79 Å². The zero-order chi connectivity index (χ0) is 20.0. The first-order valence-corrected chi connectivity index (χ1v) is 10.6. The van der Waals surface area contributed by atoms with Gasteiger partial charge in [-0.15, -0.1) is 11.8 Å². The largest absolute Gasteiger partial charge is 0.327 e. The molecule has 0 bridgehead atoms. The van der Waals surface area contributed by atoms with E-state index in [2.05, 4.69) is 6.07 Å². The number of Topliss-reactive ketones (excluding diaryl/α,β-unsaturated/α-hetero) is 1. The first-order chi connectivity index (χ1) is 13.4. The van der Waals surface area contributed by atoms with Gasteiger partial charge in [0.1, 0.15) is 6.54 Å². The first-order valence-electron chi connectivity index (χ1n) is 9.38. The lowest BCUT2D eigenvalue weighted by molar-refractivity contribution is -0.125. The molecule has 6 nitrogen and oxygen atoms in total. The molecule has 2 aliphatic rings. The van der Waals surface area contributed by atoms with Crippen LogP contribution in [0.5, 0.6) is 0 Å². The quantitative estimate of drug-likeness (QED) is 0.426. The van der Waals surface area contributed by atoms with Gasteiger partial charge in [0, 0.05) is 33.6 Å². The van der Waals surface area contributed by atoms with Crippen molar-refractivity contribution in [1.82, 2.24) is 14.4 Å². The van der Waals surface area contributed by atoms with Gasteiger partial charge < -0.3 is 9.47 Å². The van der Waals surface area contributed by atoms with Gasteiger partial charge in [0.2, 0.25) is 0 Å². The van der Waals surface area contributed by atoms with Crippen LogP contribution >= 0.6 is 11.8 Å². The van der Waals surface area contributed by atoms with Crippen molar-refractivity contribution in [2.24, 2.45) is 0 Å². The van der Waals surface area contributed by atoms with Gasteiger partial charge in [0.05, 0.1) is 6.54 Å². The third-order valence-corrected chi connectivity index (χ3v) is 6.14. The van der Waals surface area contributed by atoms with Crippen LogP contribution in [-0.2, 0) is 4.79 Å². The average Bonchev–Trinajstić information content (AvgIpc) is 3.43. The summed E-state index contributed by atoms with van der Waals surface area (Å²) in [7, 11) is 0. The molecule has 7 heteroatoms. The Morgan fingerprint density at radius 1 is 1.18 bits per heavy atom. The molecule has 1 aromatic heterocycles. The molecule has 1 aromatic carbocycles. The highest BCUT2D eigenvalue weighted by Gasteiger charge is 2.44. The van der Waals surface area contributed by atoms with Crippen LogP contribution in [0.25, 0.3) is 5.69 Å². The lowest BCUT2D eigenvalue weighted by Gasteiger charge is -2.16. The van der Waals surface area contributed by atoms with E-state index < -0.39 is 0 Å². The zero-order valence-electron chi connectivity index (χ0n) is 16.3. The van der Waals surface area contributed by atoms with E-state index in [4.69, 9.17) is 0 Å². The highest BCUT2D eigenvalue weighted by atomic mass is 32.2. The van der Waals surface area contributed by atoms with Crippen molar-refractivity contribution in [3.8, 4) is 5.69 Å². The Morgan fingerprint density at radius 2 is 1.93 bits per heavy atom. The van der Waals surface area contributed by atoms with Crippen molar-refractivity contribution >= 4 is 29.5 Å². The number of ketones is 1. The predicted octanol–water partition coefficient (Wildman–Crippen LogP) is 3.43. The summed E-state index contributed by atoms with van der Waals surface area (Å²) in [6, 6.07) is 9.81. The fourth-order valence-electron chi connectivity index (χ4n) is 3.81. The maximum Gasteiger partial charge on any atom is 0.327 e. The van der Waals surface area contributed by atoms with Crippen LogP contribution in [0.2, 0.25) is 0 Å². The van der Waals surface area contributed by atoms with Crippen molar-refractivity contribution in [2.75, 3.05) is 19.3 Å². The van der Waals surface area contributed by atoms with Gasteiger partial charge in [-0.3, -0.25) is 14.5 Å². The van der Waals surface area contributed by atoms with E-state index in [1.807, 2.05) is 48.9 Å². The van der Waals surface area contributed by atoms with E-state index in [0.29, 0.717) is 5.56 Å². The lowest BCUT2D eigenvalue weighted by atomic mass is 10.1. The highest BCUT2D eigenvalue weighted by molar-refractivity contribution is 7.98. The van der Waals surface area contributed by atoms with Gasteiger partial charge in [-0.2, -0.15) is 0 Å². The number of aryl methyl sites for hydroxylation is 1. The molecule has 0 radical (unpaired) electrons. The van der Waals surface area contributed by atoms with Gasteiger partial charge in [-0.1, -0.05) is 6.07 Å². The summed E-state index contributed by atoms with van der Waals surface area (Å²) in [5.74, 6) is -0.494. The number of aromatic nitrogens is 1. The number of hydrogen-bond acceptors (Lipinski definition) is 4. The molecule has 1 aliphatic carbocycles. The van der Waals surface area contributed by atoms with Gasteiger partial charge >= 0.3 is 6.03 Å². The van der Waals surface area contributed by atoms with Crippen LogP contribution in [0, 0.1) is 13.8 Å². The second kappa shape index (κ2) is 7.13. The standard InChI is InChI=1S/C21H23N3O3S/c1-13-9-18(14(2)24(13)16-5-4-6-17(10-16)28-3)19(25)11-23-20(26)12-22(21(23)27)15-7-8-15/h4-6,9-10,15H,7-8,11-12H2,1-3H3. The summed E-state index contributed by atoms with van der Waals surface area (Å²) in [6.45, 7) is 3.75. The molecule has 28 heavy (non-hydrogen) atoms. The minimum atomic E-state index is -0.331. The van der Waals surface area contributed by atoms with Crippen molar-refractivity contribution in [3.63, 3.8) is 0 Å². The normalized spacial score (nSPS) is 17.0. The topological polar surface area (TPSA) is 62.6 Å². The number of carbonyl (C=O) groups is 3. The molecule has 2 heterocycles. The summed E-state index contributed by atoms with van der Waals surface area (Å²) >= 11 is 1.67. The smallest absolute Gasteiger partial charge is 0.318 e. The van der Waals surface area contributed by atoms with Crippen LogP contribution in [-0.4, -0.2) is 57.5 Å². The molecule has 3 amide bonds. The van der Waals surface area contributed by atoms with Crippen LogP contribution in [0.3, 0.4) is 0 Å². The predicted molar refractivity (Wildman–Crippen MR) is 108 cm³/mol. The van der Waals surface area contributed by atoms with Crippen LogP contribution in [0.15, 0.2) is 35.2 Å². The lowest BCUT2D eigenvalue weighted by Crippen LogP contribution is -2.37. The number of benzene rings is 1. The number of imide groups is 1. The van der Waals surface area contributed by atoms with E-state index in [9.17, 15) is 14.4 Å². The average molecular weight is 398 g/mol. The van der Waals surface area contributed by atoms with Crippen molar-refractivity contribution in [1.29, 1.82) is 0 Å². The van der Waals surface area contributed by atoms with E-state index in [-0.39, 0.29) is 36.9 Å². The van der Waals surface area contributed by atoms with Crippen LogP contribution in [0.1, 0.15) is 34.6 Å². The highest BCUT2D eigenvalue weighted by Crippen LogP contribution is 2.30. The van der Waals surface area contributed by atoms with Crippen LogP contribution in [0.4, 0.5) is 4.79 Å². The molecule has 2 aromatic rings. The van der Waals surface area contributed by atoms with E-state index in [1.54, 1.807) is 16.7 Å². The molecular weight excluding hydrogens is 374 g/mol. The number of hydrogen-bond donors (Lipinski definition) is 0. The zero-order valence-corrected chi connectivity index (χ0v) is 17.1. The maximum absolute atomic E-state index is 12.9. The van der Waals surface area contributed by atoms with Crippen molar-refractivity contribution in [2.45, 2.75) is 37.6 Å². The third-order valence-electron chi connectivity index (χ3n) is 5.42. The molecule has 0 atom stereocenters.